The van der Waals surface area contributed by atoms with E-state index in [4.69, 9.17) is 9.47 Å². The lowest BCUT2D eigenvalue weighted by Gasteiger charge is -2.23. The molecule has 0 fully saturated rings. The van der Waals surface area contributed by atoms with E-state index in [1.807, 2.05) is 24.3 Å². The third-order valence-corrected chi connectivity index (χ3v) is 6.81. The van der Waals surface area contributed by atoms with Crippen LogP contribution in [-0.2, 0) is 0 Å². The number of benzene rings is 1. The Labute approximate surface area is 225 Å². The Morgan fingerprint density at radius 2 is 0.639 bits per heavy atom. The van der Waals surface area contributed by atoms with Gasteiger partial charge in [-0.05, 0) is 62.8 Å². The summed E-state index contributed by atoms with van der Waals surface area (Å²) in [6.45, 7) is 4.23. The summed E-state index contributed by atoms with van der Waals surface area (Å²) in [7, 11) is 13.7. The van der Waals surface area contributed by atoms with E-state index in [1.54, 1.807) is 0 Å². The molecule has 0 N–H and O–H groups in total. The fourth-order valence-corrected chi connectivity index (χ4v) is 4.51. The highest BCUT2D eigenvalue weighted by molar-refractivity contribution is 5.31. The van der Waals surface area contributed by atoms with Crippen LogP contribution in [0.5, 0.6) is 11.5 Å². The van der Waals surface area contributed by atoms with Crippen molar-refractivity contribution in [1.82, 2.24) is 0 Å². The number of unbranched alkanes of at least 4 members (excludes halogenated alkanes) is 14. The van der Waals surface area contributed by atoms with Gasteiger partial charge in [-0.1, -0.05) is 64.2 Å². The van der Waals surface area contributed by atoms with Crippen molar-refractivity contribution in [3.63, 3.8) is 0 Å². The molecule has 0 atom stereocenters. The molecule has 0 saturated carbocycles. The van der Waals surface area contributed by atoms with Crippen LogP contribution < -0.4 is 9.47 Å². The molecule has 1 aromatic rings. The van der Waals surface area contributed by atoms with E-state index in [9.17, 15) is 0 Å². The summed E-state index contributed by atoms with van der Waals surface area (Å²) in [5, 5.41) is 0. The predicted octanol–water partition coefficient (Wildman–Crippen LogP) is 8.10. The highest BCUT2D eigenvalue weighted by Gasteiger charge is 2.06. The van der Waals surface area contributed by atoms with Gasteiger partial charge in [0, 0.05) is 0 Å². The second kappa shape index (κ2) is 19.8. The predicted molar refractivity (Wildman–Crippen MR) is 157 cm³/mol. The molecule has 36 heavy (non-hydrogen) atoms. The first kappa shape index (κ1) is 32.8. The van der Waals surface area contributed by atoms with Gasteiger partial charge in [0.25, 0.3) is 0 Å². The number of quaternary nitrogens is 2. The van der Waals surface area contributed by atoms with Gasteiger partial charge in [0.1, 0.15) is 11.5 Å². The minimum absolute atomic E-state index is 0.819. The van der Waals surface area contributed by atoms with Crippen molar-refractivity contribution < 1.29 is 18.4 Å². The molecule has 0 unspecified atom stereocenters. The Morgan fingerprint density at radius 1 is 0.389 bits per heavy atom. The van der Waals surface area contributed by atoms with Crippen LogP contribution in [0.15, 0.2) is 24.3 Å². The average Bonchev–Trinajstić information content (AvgIpc) is 2.80. The van der Waals surface area contributed by atoms with Crippen LogP contribution >= 0.6 is 0 Å². The third-order valence-electron chi connectivity index (χ3n) is 6.81. The molecule has 0 radical (unpaired) electrons. The fraction of sp³-hybridized carbons (Fsp3) is 0.812. The molecule has 1 rings (SSSR count). The highest BCUT2D eigenvalue weighted by Crippen LogP contribution is 2.19. The van der Waals surface area contributed by atoms with Crippen LogP contribution in [0.2, 0.25) is 0 Å². The van der Waals surface area contributed by atoms with Crippen LogP contribution in [0.25, 0.3) is 0 Å². The molecule has 0 aliphatic heterocycles. The lowest BCUT2D eigenvalue weighted by molar-refractivity contribution is -0.870. The molecule has 0 saturated heterocycles. The summed E-state index contributed by atoms with van der Waals surface area (Å²) in [5.41, 5.74) is 0. The molecule has 0 amide bonds. The largest absolute Gasteiger partial charge is 0.494 e. The zero-order chi connectivity index (χ0) is 26.5. The minimum atomic E-state index is 0.819. The summed E-state index contributed by atoms with van der Waals surface area (Å²) in [4.78, 5) is 0. The summed E-state index contributed by atoms with van der Waals surface area (Å²) >= 11 is 0. The van der Waals surface area contributed by atoms with Crippen molar-refractivity contribution in [2.24, 2.45) is 0 Å². The second-order valence-corrected chi connectivity index (χ2v) is 12.9. The van der Waals surface area contributed by atoms with Crippen molar-refractivity contribution in [3.05, 3.63) is 24.3 Å². The maximum atomic E-state index is 5.92. The van der Waals surface area contributed by atoms with Gasteiger partial charge in [-0.25, -0.2) is 0 Å². The molecule has 0 bridgehead atoms. The van der Waals surface area contributed by atoms with E-state index in [1.165, 1.54) is 103 Å². The molecule has 4 heteroatoms. The first-order valence-electron chi connectivity index (χ1n) is 15.1. The molecule has 0 aromatic heterocycles. The van der Waals surface area contributed by atoms with Crippen LogP contribution in [0.3, 0.4) is 0 Å². The Kier molecular flexibility index (Phi) is 18.0. The van der Waals surface area contributed by atoms with Crippen LogP contribution in [0.1, 0.15) is 103 Å². The zero-order valence-corrected chi connectivity index (χ0v) is 25.2. The summed E-state index contributed by atoms with van der Waals surface area (Å²) in [6, 6.07) is 8.18. The Bertz CT molecular complexity index is 562. The van der Waals surface area contributed by atoms with E-state index >= 15 is 0 Å². The molecule has 4 nitrogen and oxygen atoms in total. The number of hydrogen-bond donors (Lipinski definition) is 0. The van der Waals surface area contributed by atoms with Gasteiger partial charge in [0.2, 0.25) is 0 Å². The van der Waals surface area contributed by atoms with Gasteiger partial charge in [0.05, 0.1) is 68.6 Å². The quantitative estimate of drug-likeness (QED) is 0.104. The van der Waals surface area contributed by atoms with E-state index in [0.717, 1.165) is 46.5 Å². The number of hydrogen-bond acceptors (Lipinski definition) is 2. The average molecular weight is 507 g/mol. The highest BCUT2D eigenvalue weighted by atomic mass is 16.5. The zero-order valence-electron chi connectivity index (χ0n) is 25.2. The van der Waals surface area contributed by atoms with Gasteiger partial charge >= 0.3 is 0 Å². The van der Waals surface area contributed by atoms with Gasteiger partial charge in [-0.15, -0.1) is 0 Å². The standard InChI is InChI=1S/C32H62N2O2/c1-33(2,3)27-19-15-11-7-9-13-17-21-29-35-31-23-25-32(26-24-31)36-30-22-18-14-10-8-12-16-20-28-34(4,5)6/h23-26H,7-22,27-30H2,1-6H3/q+2. The van der Waals surface area contributed by atoms with Crippen LogP contribution in [0, 0.1) is 0 Å². The minimum Gasteiger partial charge on any atom is -0.494 e. The van der Waals surface area contributed by atoms with Crippen LogP contribution in [-0.4, -0.2) is 77.6 Å². The topological polar surface area (TPSA) is 18.5 Å². The van der Waals surface area contributed by atoms with E-state index in [0.29, 0.717) is 0 Å². The Morgan fingerprint density at radius 3 is 0.917 bits per heavy atom. The first-order valence-corrected chi connectivity index (χ1v) is 15.1. The molecular formula is C32H62N2O2+2. The summed E-state index contributed by atoms with van der Waals surface area (Å²) in [5.74, 6) is 1.92. The van der Waals surface area contributed by atoms with Crippen molar-refractivity contribution in [1.29, 1.82) is 0 Å². The Balaban J connectivity index is 1.90. The maximum Gasteiger partial charge on any atom is 0.119 e. The smallest absolute Gasteiger partial charge is 0.119 e. The summed E-state index contributed by atoms with van der Waals surface area (Å²) in [6.07, 6.45) is 21.3. The van der Waals surface area contributed by atoms with Crippen LogP contribution in [0.4, 0.5) is 0 Å². The van der Waals surface area contributed by atoms with E-state index in [2.05, 4.69) is 42.3 Å². The summed E-state index contributed by atoms with van der Waals surface area (Å²) < 4.78 is 14.0. The SMILES string of the molecule is C[N+](C)(C)CCCCCCCCCCOc1ccc(OCCCCCCCCCC[N+](C)(C)C)cc1. The number of nitrogens with zero attached hydrogens (tertiary/aromatic N) is 2. The van der Waals surface area contributed by atoms with Crippen molar-refractivity contribution in [2.75, 3.05) is 68.6 Å². The first-order chi connectivity index (χ1) is 17.2. The van der Waals surface area contributed by atoms with Crippen molar-refractivity contribution in [3.8, 4) is 11.5 Å². The van der Waals surface area contributed by atoms with E-state index in [-0.39, 0.29) is 0 Å². The number of rotatable bonds is 24. The Hall–Kier alpha value is -1.26. The van der Waals surface area contributed by atoms with Gasteiger partial charge < -0.3 is 18.4 Å². The maximum absolute atomic E-state index is 5.92. The normalized spacial score (nSPS) is 12.2. The molecule has 0 aliphatic carbocycles. The molecule has 1 aromatic carbocycles. The molecule has 210 valence electrons. The van der Waals surface area contributed by atoms with Gasteiger partial charge in [-0.2, -0.15) is 0 Å². The monoisotopic (exact) mass is 506 g/mol. The number of ether oxygens (including phenoxy) is 2. The van der Waals surface area contributed by atoms with E-state index < -0.39 is 0 Å². The molecule has 0 aliphatic rings. The van der Waals surface area contributed by atoms with Gasteiger partial charge in [0.15, 0.2) is 0 Å². The van der Waals surface area contributed by atoms with Crippen molar-refractivity contribution >= 4 is 0 Å². The second-order valence-electron chi connectivity index (χ2n) is 12.9. The fourth-order valence-electron chi connectivity index (χ4n) is 4.51. The van der Waals surface area contributed by atoms with Gasteiger partial charge in [-0.3, -0.25) is 0 Å². The lowest BCUT2D eigenvalue weighted by Crippen LogP contribution is -2.35. The molecular weight excluding hydrogens is 444 g/mol. The third kappa shape index (κ3) is 22.0. The lowest BCUT2D eigenvalue weighted by atomic mass is 10.1. The van der Waals surface area contributed by atoms with Crippen molar-refractivity contribution in [2.45, 2.75) is 103 Å². The molecule has 0 heterocycles. The molecule has 0 spiro atoms.